The molecule has 1 aliphatic heterocycles. The Bertz CT molecular complexity index is 579. The third-order valence-corrected chi connectivity index (χ3v) is 6.37. The number of aliphatic hydroxyl groups is 1. The van der Waals surface area contributed by atoms with Crippen LogP contribution in [0, 0.1) is 5.92 Å². The summed E-state index contributed by atoms with van der Waals surface area (Å²) in [6.07, 6.45) is 3.63. The lowest BCUT2D eigenvalue weighted by Gasteiger charge is -2.38. The Morgan fingerprint density at radius 1 is 1.18 bits per heavy atom. The number of hydrogen-bond acceptors (Lipinski definition) is 3. The summed E-state index contributed by atoms with van der Waals surface area (Å²) in [5.41, 5.74) is 1.12. The molecule has 1 aromatic rings. The monoisotopic (exact) mass is 324 g/mol. The zero-order valence-corrected chi connectivity index (χ0v) is 13.5. The second kappa shape index (κ2) is 6.66. The molecule has 0 amide bonds. The molecule has 122 valence electrons. The Labute approximate surface area is 132 Å². The van der Waals surface area contributed by atoms with Crippen molar-refractivity contribution in [1.82, 2.24) is 9.03 Å². The number of nitrogens with one attached hydrogen (secondary N) is 1. The molecule has 1 atom stereocenters. The normalized spacial score (nSPS) is 27.5. The lowest BCUT2D eigenvalue weighted by Crippen LogP contribution is -2.51. The van der Waals surface area contributed by atoms with Gasteiger partial charge in [-0.25, -0.2) is 0 Å². The maximum absolute atomic E-state index is 12.5. The van der Waals surface area contributed by atoms with E-state index in [2.05, 4.69) is 4.72 Å². The molecular weight excluding hydrogens is 300 g/mol. The first-order valence-corrected chi connectivity index (χ1v) is 9.48. The molecule has 3 rings (SSSR count). The van der Waals surface area contributed by atoms with Crippen molar-refractivity contribution in [3.63, 3.8) is 0 Å². The predicted octanol–water partition coefficient (Wildman–Crippen LogP) is 1.30. The Morgan fingerprint density at radius 2 is 1.82 bits per heavy atom. The quantitative estimate of drug-likeness (QED) is 0.829. The highest BCUT2D eigenvalue weighted by molar-refractivity contribution is 7.87. The van der Waals surface area contributed by atoms with Crippen molar-refractivity contribution in [2.24, 2.45) is 5.92 Å². The molecule has 0 bridgehead atoms. The Kier molecular flexibility index (Phi) is 4.82. The summed E-state index contributed by atoms with van der Waals surface area (Å²) in [7, 11) is -3.42. The van der Waals surface area contributed by atoms with E-state index >= 15 is 0 Å². The molecule has 1 saturated carbocycles. The van der Waals surface area contributed by atoms with E-state index in [1.807, 2.05) is 30.3 Å². The number of aliphatic hydroxyl groups excluding tert-OH is 1. The number of hydrogen-bond donors (Lipinski definition) is 2. The van der Waals surface area contributed by atoms with Crippen molar-refractivity contribution < 1.29 is 13.5 Å². The van der Waals surface area contributed by atoms with Gasteiger partial charge < -0.3 is 5.11 Å². The average molecular weight is 324 g/mol. The summed E-state index contributed by atoms with van der Waals surface area (Å²) in [5, 5.41) is 9.56. The fourth-order valence-electron chi connectivity index (χ4n) is 3.33. The van der Waals surface area contributed by atoms with Crippen molar-refractivity contribution in [2.75, 3.05) is 13.1 Å². The summed E-state index contributed by atoms with van der Waals surface area (Å²) in [6.45, 7) is 1.22. The van der Waals surface area contributed by atoms with Gasteiger partial charge in [-0.15, -0.1) is 0 Å². The first-order chi connectivity index (χ1) is 10.5. The molecular formula is C16H24N2O3S. The number of nitrogens with zero attached hydrogens (tertiary/aromatic N) is 1. The van der Waals surface area contributed by atoms with Gasteiger partial charge in [0.05, 0.1) is 6.10 Å². The van der Waals surface area contributed by atoms with Crippen LogP contribution in [0.4, 0.5) is 0 Å². The first-order valence-electron chi connectivity index (χ1n) is 8.04. The van der Waals surface area contributed by atoms with E-state index in [0.717, 1.165) is 18.4 Å². The van der Waals surface area contributed by atoms with Gasteiger partial charge in [0, 0.05) is 19.1 Å². The van der Waals surface area contributed by atoms with E-state index in [0.29, 0.717) is 32.4 Å². The van der Waals surface area contributed by atoms with Gasteiger partial charge in [-0.1, -0.05) is 30.3 Å². The Morgan fingerprint density at radius 3 is 2.41 bits per heavy atom. The smallest absolute Gasteiger partial charge is 0.279 e. The predicted molar refractivity (Wildman–Crippen MR) is 85.5 cm³/mol. The van der Waals surface area contributed by atoms with Crippen LogP contribution in [-0.4, -0.2) is 43.1 Å². The molecule has 6 heteroatoms. The second-order valence-electron chi connectivity index (χ2n) is 6.41. The highest BCUT2D eigenvalue weighted by atomic mass is 32.2. The van der Waals surface area contributed by atoms with Crippen LogP contribution in [-0.2, 0) is 16.6 Å². The van der Waals surface area contributed by atoms with Crippen molar-refractivity contribution in [2.45, 2.75) is 44.2 Å². The van der Waals surface area contributed by atoms with Crippen molar-refractivity contribution in [3.8, 4) is 0 Å². The van der Waals surface area contributed by atoms with Crippen molar-refractivity contribution >= 4 is 10.2 Å². The molecule has 22 heavy (non-hydrogen) atoms. The molecule has 1 aromatic carbocycles. The number of benzene rings is 1. The van der Waals surface area contributed by atoms with Crippen LogP contribution in [0.5, 0.6) is 0 Å². The van der Waals surface area contributed by atoms with Gasteiger partial charge in [-0.05, 0) is 43.6 Å². The van der Waals surface area contributed by atoms with Crippen LogP contribution in [0.25, 0.3) is 0 Å². The topological polar surface area (TPSA) is 69.6 Å². The molecule has 0 radical (unpaired) electrons. The zero-order valence-electron chi connectivity index (χ0n) is 12.7. The molecule has 1 heterocycles. The van der Waals surface area contributed by atoms with Gasteiger partial charge in [0.25, 0.3) is 10.2 Å². The minimum absolute atomic E-state index is 0.142. The summed E-state index contributed by atoms with van der Waals surface area (Å²) < 4.78 is 29.5. The van der Waals surface area contributed by atoms with Gasteiger partial charge in [0.15, 0.2) is 0 Å². The minimum atomic E-state index is -3.42. The summed E-state index contributed by atoms with van der Waals surface area (Å²) in [6, 6.07) is 9.79. The van der Waals surface area contributed by atoms with Gasteiger partial charge in [0.1, 0.15) is 0 Å². The van der Waals surface area contributed by atoms with Crippen molar-refractivity contribution in [3.05, 3.63) is 35.9 Å². The maximum atomic E-state index is 12.5. The van der Waals surface area contributed by atoms with E-state index in [9.17, 15) is 13.5 Å². The molecule has 5 nitrogen and oxygen atoms in total. The molecule has 0 spiro atoms. The van der Waals surface area contributed by atoms with E-state index in [-0.39, 0.29) is 18.1 Å². The fraction of sp³-hybridized carbons (Fsp3) is 0.625. The van der Waals surface area contributed by atoms with Crippen LogP contribution in [0.15, 0.2) is 30.3 Å². The summed E-state index contributed by atoms with van der Waals surface area (Å²) >= 11 is 0. The van der Waals surface area contributed by atoms with Crippen LogP contribution in [0.2, 0.25) is 0 Å². The second-order valence-corrected chi connectivity index (χ2v) is 8.11. The highest BCUT2D eigenvalue weighted by Crippen LogP contribution is 2.32. The molecule has 1 unspecified atom stereocenters. The molecule has 2 N–H and O–H groups in total. The lowest BCUT2D eigenvalue weighted by atomic mass is 9.76. The lowest BCUT2D eigenvalue weighted by molar-refractivity contribution is 0.0281. The minimum Gasteiger partial charge on any atom is -0.393 e. The molecule has 1 aliphatic carbocycles. The van der Waals surface area contributed by atoms with E-state index in [1.54, 1.807) is 4.31 Å². The van der Waals surface area contributed by atoms with E-state index in [4.69, 9.17) is 0 Å². The highest BCUT2D eigenvalue weighted by Gasteiger charge is 2.37. The van der Waals surface area contributed by atoms with Gasteiger partial charge in [-0.2, -0.15) is 17.4 Å². The van der Waals surface area contributed by atoms with Gasteiger partial charge in [0.2, 0.25) is 0 Å². The Hall–Kier alpha value is -0.950. The van der Waals surface area contributed by atoms with Crippen LogP contribution < -0.4 is 4.72 Å². The SMILES string of the molecule is O=S(=O)(NC(Cc1ccccc1)C1CC(O)C1)N1CCCC1. The first kappa shape index (κ1) is 15.9. The number of rotatable bonds is 6. The fourth-order valence-corrected chi connectivity index (χ4v) is 4.87. The molecule has 2 fully saturated rings. The largest absolute Gasteiger partial charge is 0.393 e. The van der Waals surface area contributed by atoms with Crippen molar-refractivity contribution in [1.29, 1.82) is 0 Å². The molecule has 2 aliphatic rings. The van der Waals surface area contributed by atoms with Crippen LogP contribution >= 0.6 is 0 Å². The van der Waals surface area contributed by atoms with Gasteiger partial charge >= 0.3 is 0 Å². The standard InChI is InChI=1S/C16H24N2O3S/c19-15-11-14(12-15)16(10-13-6-2-1-3-7-13)17-22(20,21)18-8-4-5-9-18/h1-3,6-7,14-17,19H,4-5,8-12H2. The average Bonchev–Trinajstić information content (AvgIpc) is 2.99. The summed E-state index contributed by atoms with van der Waals surface area (Å²) in [5.74, 6) is 0.215. The van der Waals surface area contributed by atoms with Gasteiger partial charge in [-0.3, -0.25) is 0 Å². The molecule has 1 saturated heterocycles. The summed E-state index contributed by atoms with van der Waals surface area (Å²) in [4.78, 5) is 0. The van der Waals surface area contributed by atoms with Crippen LogP contribution in [0.1, 0.15) is 31.2 Å². The molecule has 0 aromatic heterocycles. The van der Waals surface area contributed by atoms with E-state index < -0.39 is 10.2 Å². The maximum Gasteiger partial charge on any atom is 0.279 e. The Balaban J connectivity index is 1.71. The third-order valence-electron chi connectivity index (χ3n) is 4.72. The van der Waals surface area contributed by atoms with E-state index in [1.165, 1.54) is 0 Å². The third kappa shape index (κ3) is 3.68. The zero-order chi connectivity index (χ0) is 15.6. The van der Waals surface area contributed by atoms with Crippen LogP contribution in [0.3, 0.4) is 0 Å².